The summed E-state index contributed by atoms with van der Waals surface area (Å²) in [5, 5.41) is 19.4. The summed E-state index contributed by atoms with van der Waals surface area (Å²) in [6.07, 6.45) is 4.05. The molecule has 3 N–H and O–H groups in total. The van der Waals surface area contributed by atoms with Crippen LogP contribution < -0.4 is 10.6 Å². The minimum atomic E-state index is -0.366. The standard InChI is InChI=1S/C19H20N4O2/c24-14-16(13-15-7-2-1-3-8-15)21-19(25)22-17-9-4-5-10-18(17)23-12-6-11-20-23/h1-12,16,24H,13-14H2,(H2,21,22,25)/t16-/m1/s1. The van der Waals surface area contributed by atoms with Crippen molar-refractivity contribution >= 4 is 11.7 Å². The molecule has 6 heteroatoms. The highest BCUT2D eigenvalue weighted by molar-refractivity contribution is 5.91. The Morgan fingerprint density at radius 2 is 1.84 bits per heavy atom. The predicted molar refractivity (Wildman–Crippen MR) is 96.7 cm³/mol. The molecule has 0 aliphatic carbocycles. The van der Waals surface area contributed by atoms with Gasteiger partial charge >= 0.3 is 6.03 Å². The number of benzene rings is 2. The molecule has 0 aliphatic rings. The van der Waals surface area contributed by atoms with Crippen LogP contribution in [0, 0.1) is 0 Å². The highest BCUT2D eigenvalue weighted by Crippen LogP contribution is 2.18. The summed E-state index contributed by atoms with van der Waals surface area (Å²) in [6, 6.07) is 18.2. The van der Waals surface area contributed by atoms with Gasteiger partial charge in [0.15, 0.2) is 0 Å². The molecule has 0 aliphatic heterocycles. The van der Waals surface area contributed by atoms with Crippen molar-refractivity contribution < 1.29 is 9.90 Å². The van der Waals surface area contributed by atoms with E-state index in [0.29, 0.717) is 12.1 Å². The summed E-state index contributed by atoms with van der Waals surface area (Å²) < 4.78 is 1.68. The molecule has 3 aromatic rings. The van der Waals surface area contributed by atoms with Crippen LogP contribution in [0.15, 0.2) is 73.1 Å². The van der Waals surface area contributed by atoms with Crippen molar-refractivity contribution in [2.24, 2.45) is 0 Å². The van der Waals surface area contributed by atoms with E-state index in [4.69, 9.17) is 0 Å². The fourth-order valence-electron chi connectivity index (χ4n) is 2.59. The van der Waals surface area contributed by atoms with Gasteiger partial charge in [-0.25, -0.2) is 9.48 Å². The van der Waals surface area contributed by atoms with Crippen molar-refractivity contribution in [3.63, 3.8) is 0 Å². The summed E-state index contributed by atoms with van der Waals surface area (Å²) in [6.45, 7) is -0.136. The number of aliphatic hydroxyl groups is 1. The number of urea groups is 1. The third kappa shape index (κ3) is 4.45. The maximum atomic E-state index is 12.3. The van der Waals surface area contributed by atoms with Crippen LogP contribution in [0.1, 0.15) is 5.56 Å². The first-order chi connectivity index (χ1) is 12.3. The zero-order valence-corrected chi connectivity index (χ0v) is 13.7. The van der Waals surface area contributed by atoms with E-state index in [1.807, 2.05) is 66.9 Å². The zero-order chi connectivity index (χ0) is 17.5. The van der Waals surface area contributed by atoms with E-state index >= 15 is 0 Å². The average Bonchev–Trinajstić information content (AvgIpc) is 3.17. The molecule has 6 nitrogen and oxygen atoms in total. The van der Waals surface area contributed by atoms with E-state index in [0.717, 1.165) is 11.3 Å². The molecule has 2 aromatic carbocycles. The SMILES string of the molecule is O=C(Nc1ccccc1-n1cccn1)N[C@@H](CO)Cc1ccccc1. The lowest BCUT2D eigenvalue weighted by molar-refractivity contribution is 0.224. The van der Waals surface area contributed by atoms with Gasteiger partial charge in [0.2, 0.25) is 0 Å². The number of anilines is 1. The summed E-state index contributed by atoms with van der Waals surface area (Å²) in [5.41, 5.74) is 2.46. The number of nitrogens with one attached hydrogen (secondary N) is 2. The Morgan fingerprint density at radius 3 is 2.56 bits per heavy atom. The molecule has 0 bridgehead atoms. The predicted octanol–water partition coefficient (Wildman–Crippen LogP) is 2.60. The second-order valence-electron chi connectivity index (χ2n) is 5.64. The first-order valence-electron chi connectivity index (χ1n) is 8.07. The highest BCUT2D eigenvalue weighted by atomic mass is 16.3. The van der Waals surface area contributed by atoms with Crippen molar-refractivity contribution in [3.05, 3.63) is 78.6 Å². The second-order valence-corrected chi connectivity index (χ2v) is 5.64. The molecule has 25 heavy (non-hydrogen) atoms. The van der Waals surface area contributed by atoms with Gasteiger partial charge in [-0.15, -0.1) is 0 Å². The van der Waals surface area contributed by atoms with E-state index < -0.39 is 0 Å². The Morgan fingerprint density at radius 1 is 1.08 bits per heavy atom. The number of hydrogen-bond acceptors (Lipinski definition) is 3. The number of aliphatic hydroxyl groups excluding tert-OH is 1. The highest BCUT2D eigenvalue weighted by Gasteiger charge is 2.14. The van der Waals surface area contributed by atoms with E-state index in [2.05, 4.69) is 15.7 Å². The molecule has 0 fully saturated rings. The number of rotatable bonds is 6. The number of aromatic nitrogens is 2. The van der Waals surface area contributed by atoms with Crippen LogP contribution in [0.5, 0.6) is 0 Å². The van der Waals surface area contributed by atoms with Crippen molar-refractivity contribution in [2.45, 2.75) is 12.5 Å². The molecule has 0 unspecified atom stereocenters. The number of amides is 2. The lowest BCUT2D eigenvalue weighted by Crippen LogP contribution is -2.41. The molecule has 1 aromatic heterocycles. The molecule has 0 radical (unpaired) electrons. The first-order valence-corrected chi connectivity index (χ1v) is 8.07. The molecule has 0 saturated heterocycles. The Labute approximate surface area is 146 Å². The van der Waals surface area contributed by atoms with Gasteiger partial charge < -0.3 is 15.7 Å². The molecular weight excluding hydrogens is 316 g/mol. The fourth-order valence-corrected chi connectivity index (χ4v) is 2.59. The summed E-state index contributed by atoms with van der Waals surface area (Å²) in [5.74, 6) is 0. The first kappa shape index (κ1) is 16.7. The van der Waals surface area contributed by atoms with Crippen LogP contribution >= 0.6 is 0 Å². The van der Waals surface area contributed by atoms with Gasteiger partial charge in [-0.2, -0.15) is 5.10 Å². The number of carbonyl (C=O) groups excluding carboxylic acids is 1. The lowest BCUT2D eigenvalue weighted by Gasteiger charge is -2.18. The quantitative estimate of drug-likeness (QED) is 0.647. The van der Waals surface area contributed by atoms with Gasteiger partial charge in [0, 0.05) is 12.4 Å². The Bertz CT molecular complexity index is 803. The van der Waals surface area contributed by atoms with Crippen molar-refractivity contribution in [1.82, 2.24) is 15.1 Å². The van der Waals surface area contributed by atoms with Crippen LogP contribution in [-0.2, 0) is 6.42 Å². The summed E-state index contributed by atoms with van der Waals surface area (Å²) >= 11 is 0. The zero-order valence-electron chi connectivity index (χ0n) is 13.7. The third-order valence-corrected chi connectivity index (χ3v) is 3.78. The van der Waals surface area contributed by atoms with Crippen LogP contribution in [0.2, 0.25) is 0 Å². The van der Waals surface area contributed by atoms with Gasteiger partial charge in [-0.3, -0.25) is 0 Å². The van der Waals surface area contributed by atoms with Crippen molar-refractivity contribution in [3.8, 4) is 5.69 Å². The second kappa shape index (κ2) is 8.12. The fraction of sp³-hybridized carbons (Fsp3) is 0.158. The van der Waals surface area contributed by atoms with E-state index in [9.17, 15) is 9.90 Å². The topological polar surface area (TPSA) is 79.2 Å². The average molecular weight is 336 g/mol. The smallest absolute Gasteiger partial charge is 0.319 e. The van der Waals surface area contributed by atoms with Gasteiger partial charge in [0.25, 0.3) is 0 Å². The number of nitrogens with zero attached hydrogens (tertiary/aromatic N) is 2. The minimum Gasteiger partial charge on any atom is -0.394 e. The Kier molecular flexibility index (Phi) is 5.43. The molecular formula is C19H20N4O2. The van der Waals surface area contributed by atoms with E-state index in [1.165, 1.54) is 0 Å². The molecule has 0 spiro atoms. The van der Waals surface area contributed by atoms with Crippen LogP contribution in [0.3, 0.4) is 0 Å². The lowest BCUT2D eigenvalue weighted by atomic mass is 10.1. The van der Waals surface area contributed by atoms with E-state index in [-0.39, 0.29) is 18.7 Å². The molecule has 1 heterocycles. The third-order valence-electron chi connectivity index (χ3n) is 3.78. The van der Waals surface area contributed by atoms with Crippen LogP contribution in [0.4, 0.5) is 10.5 Å². The summed E-state index contributed by atoms with van der Waals surface area (Å²) in [4.78, 5) is 12.3. The van der Waals surface area contributed by atoms with Gasteiger partial charge in [0.05, 0.1) is 24.0 Å². The molecule has 0 saturated carbocycles. The normalized spacial score (nSPS) is 11.7. The Hall–Kier alpha value is -3.12. The molecule has 1 atom stereocenters. The maximum Gasteiger partial charge on any atom is 0.319 e. The molecule has 3 rings (SSSR count). The van der Waals surface area contributed by atoms with Crippen molar-refractivity contribution in [1.29, 1.82) is 0 Å². The van der Waals surface area contributed by atoms with Crippen LogP contribution in [-0.4, -0.2) is 33.6 Å². The number of carbonyl (C=O) groups is 1. The summed E-state index contributed by atoms with van der Waals surface area (Å²) in [7, 11) is 0. The molecule has 128 valence electrons. The monoisotopic (exact) mass is 336 g/mol. The van der Waals surface area contributed by atoms with Gasteiger partial charge in [-0.1, -0.05) is 42.5 Å². The maximum absolute atomic E-state index is 12.3. The number of para-hydroxylation sites is 2. The Balaban J connectivity index is 1.66. The van der Waals surface area contributed by atoms with Gasteiger partial charge in [0.1, 0.15) is 0 Å². The van der Waals surface area contributed by atoms with Crippen LogP contribution in [0.25, 0.3) is 5.69 Å². The van der Waals surface area contributed by atoms with E-state index in [1.54, 1.807) is 10.9 Å². The molecule has 2 amide bonds. The van der Waals surface area contributed by atoms with Gasteiger partial charge in [-0.05, 0) is 30.2 Å². The minimum absolute atomic E-state index is 0.136. The van der Waals surface area contributed by atoms with Crippen molar-refractivity contribution in [2.75, 3.05) is 11.9 Å². The number of hydrogen-bond donors (Lipinski definition) is 3. The largest absolute Gasteiger partial charge is 0.394 e.